The molecule has 0 amide bonds. The molecule has 7 nitrogen and oxygen atoms in total. The first-order valence-corrected chi connectivity index (χ1v) is 14.7. The maximum Gasteiger partial charge on any atom is 0.232 e. The Morgan fingerprint density at radius 1 is 1.19 bits per heavy atom. The van der Waals surface area contributed by atoms with Crippen molar-refractivity contribution in [3.05, 3.63) is 76.3 Å². The number of anilines is 1. The topological polar surface area (TPSA) is 92.1 Å². The van der Waals surface area contributed by atoms with Crippen LogP contribution in [0, 0.1) is 12.7 Å². The van der Waals surface area contributed by atoms with E-state index >= 15 is 0 Å². The van der Waals surface area contributed by atoms with E-state index in [1.807, 2.05) is 19.1 Å². The number of fused-ring (bicyclic) bond motifs is 1. The van der Waals surface area contributed by atoms with Crippen molar-refractivity contribution in [2.45, 2.75) is 32.1 Å². The third kappa shape index (κ3) is 4.55. The largest absolute Gasteiger partial charge is 0.455 e. The monoisotopic (exact) mass is 536 g/mol. The highest BCUT2D eigenvalue weighted by Crippen LogP contribution is 2.49. The zero-order valence-corrected chi connectivity index (χ0v) is 22.0. The molecule has 0 radical (unpaired) electrons. The van der Waals surface area contributed by atoms with Crippen molar-refractivity contribution in [2.24, 2.45) is 0 Å². The minimum atomic E-state index is -3.57. The normalized spacial score (nSPS) is 13.9. The van der Waals surface area contributed by atoms with Gasteiger partial charge in [0.15, 0.2) is 0 Å². The van der Waals surface area contributed by atoms with E-state index in [2.05, 4.69) is 15.0 Å². The van der Waals surface area contributed by atoms with Gasteiger partial charge in [-0.25, -0.2) is 22.8 Å². The van der Waals surface area contributed by atoms with Crippen molar-refractivity contribution in [2.75, 3.05) is 17.1 Å². The van der Waals surface area contributed by atoms with Crippen LogP contribution in [0.25, 0.3) is 33.7 Å². The number of hydrogen-bond donors (Lipinski definition) is 1. The number of benzene rings is 2. The fourth-order valence-corrected chi connectivity index (χ4v) is 6.47. The third-order valence-electron chi connectivity index (χ3n) is 6.75. The Labute approximate surface area is 218 Å². The highest BCUT2D eigenvalue weighted by atomic mass is 32.2. The summed E-state index contributed by atoms with van der Waals surface area (Å²) in [4.78, 5) is 13.0. The maximum atomic E-state index is 13.7. The number of thiazole rings is 1. The van der Waals surface area contributed by atoms with Crippen LogP contribution in [0.4, 0.5) is 10.1 Å². The summed E-state index contributed by atoms with van der Waals surface area (Å²) in [5.74, 6) is 1.13. The summed E-state index contributed by atoms with van der Waals surface area (Å²) in [6, 6.07) is 10.0. The van der Waals surface area contributed by atoms with Gasteiger partial charge >= 0.3 is 0 Å². The van der Waals surface area contributed by atoms with Crippen molar-refractivity contribution in [1.29, 1.82) is 0 Å². The summed E-state index contributed by atoms with van der Waals surface area (Å²) in [6.07, 6.45) is 7.24. The van der Waals surface area contributed by atoms with Gasteiger partial charge in [-0.3, -0.25) is 4.31 Å². The van der Waals surface area contributed by atoms with Gasteiger partial charge in [0.1, 0.15) is 23.0 Å². The van der Waals surface area contributed by atoms with Crippen molar-refractivity contribution < 1.29 is 17.2 Å². The van der Waals surface area contributed by atoms with E-state index in [1.165, 1.54) is 34.0 Å². The zero-order valence-electron chi connectivity index (χ0n) is 20.4. The molecule has 0 bridgehead atoms. The minimum Gasteiger partial charge on any atom is -0.455 e. The van der Waals surface area contributed by atoms with Gasteiger partial charge in [0.25, 0.3) is 0 Å². The average molecular weight is 537 g/mol. The van der Waals surface area contributed by atoms with E-state index in [9.17, 15) is 12.8 Å². The summed E-state index contributed by atoms with van der Waals surface area (Å²) < 4.78 is 47.6. The third-order valence-corrected chi connectivity index (χ3v) is 8.93. The molecule has 10 heteroatoms. The Morgan fingerprint density at radius 3 is 2.59 bits per heavy atom. The highest BCUT2D eigenvalue weighted by Gasteiger charge is 2.32. The molecule has 0 spiro atoms. The molecule has 37 heavy (non-hydrogen) atoms. The Balaban J connectivity index is 1.53. The molecule has 190 valence electrons. The Hall–Kier alpha value is -3.50. The Kier molecular flexibility index (Phi) is 5.88. The number of aromatic amines is 1. The van der Waals surface area contributed by atoms with E-state index < -0.39 is 10.0 Å². The number of halogens is 1. The molecule has 3 aromatic heterocycles. The fraction of sp³-hybridized carbons (Fsp3) is 0.259. The van der Waals surface area contributed by atoms with Crippen LogP contribution in [-0.2, 0) is 16.4 Å². The lowest BCUT2D eigenvalue weighted by atomic mass is 10.0. The summed E-state index contributed by atoms with van der Waals surface area (Å²) >= 11 is 1.54. The first-order chi connectivity index (χ1) is 17.8. The second-order valence-corrected chi connectivity index (χ2v) is 12.2. The average Bonchev–Trinajstić information content (AvgIpc) is 3.22. The highest BCUT2D eigenvalue weighted by molar-refractivity contribution is 7.92. The number of aryl methyl sites for hydroxylation is 1. The number of H-pyrrole nitrogens is 1. The van der Waals surface area contributed by atoms with Crippen LogP contribution in [-0.4, -0.2) is 36.2 Å². The summed E-state index contributed by atoms with van der Waals surface area (Å²) in [5.41, 5.74) is 6.36. The van der Waals surface area contributed by atoms with Crippen LogP contribution in [0.3, 0.4) is 0 Å². The molecule has 0 saturated heterocycles. The number of nitrogens with one attached hydrogen (secondary N) is 1. The van der Waals surface area contributed by atoms with Crippen LogP contribution in [0.5, 0.6) is 0 Å². The van der Waals surface area contributed by atoms with Gasteiger partial charge in [0.2, 0.25) is 10.0 Å². The van der Waals surface area contributed by atoms with Crippen molar-refractivity contribution >= 4 is 38.0 Å². The maximum absolute atomic E-state index is 13.7. The lowest BCUT2D eigenvalue weighted by Crippen LogP contribution is -2.32. The van der Waals surface area contributed by atoms with Gasteiger partial charge in [0.05, 0.1) is 28.7 Å². The predicted octanol–water partition coefficient (Wildman–Crippen LogP) is 6.28. The molecule has 0 aliphatic heterocycles. The summed E-state index contributed by atoms with van der Waals surface area (Å²) in [7, 11) is -3.57. The van der Waals surface area contributed by atoms with E-state index in [0.717, 1.165) is 39.9 Å². The van der Waals surface area contributed by atoms with Crippen molar-refractivity contribution in [3.8, 4) is 22.7 Å². The van der Waals surface area contributed by atoms with Crippen molar-refractivity contribution in [3.63, 3.8) is 0 Å². The number of furan rings is 1. The molecule has 6 rings (SSSR count). The molecule has 0 atom stereocenters. The predicted molar refractivity (Wildman–Crippen MR) is 144 cm³/mol. The van der Waals surface area contributed by atoms with Crippen LogP contribution in [0.2, 0.25) is 0 Å². The van der Waals surface area contributed by atoms with Gasteiger partial charge in [-0.15, -0.1) is 11.3 Å². The standard InChI is InChI=1S/C27H25FN4O3S2/c1-16-24(36-15-31-16)9-12-32(37(2,33)34)22-14-23-21(13-20(22)17-3-4-17)25(27-29-10-11-30-27)26(35-23)18-5-7-19(28)8-6-18/h5-8,10-11,13-15,17H,3-4,9,12H2,1-2H3,(H,29,30). The van der Waals surface area contributed by atoms with Crippen LogP contribution < -0.4 is 4.31 Å². The lowest BCUT2D eigenvalue weighted by molar-refractivity contribution is 0.596. The van der Waals surface area contributed by atoms with E-state index in [-0.39, 0.29) is 11.7 Å². The van der Waals surface area contributed by atoms with Gasteiger partial charge < -0.3 is 9.40 Å². The van der Waals surface area contributed by atoms with Gasteiger partial charge in [-0.1, -0.05) is 0 Å². The molecule has 1 aliphatic carbocycles. The molecule has 1 aliphatic rings. The SMILES string of the molecule is Cc1ncsc1CCN(c1cc2oc(-c3ccc(F)cc3)c(-c3ncc[nH]3)c2cc1C1CC1)S(C)(=O)=O. The molecule has 0 unspecified atom stereocenters. The number of nitrogens with zero attached hydrogens (tertiary/aromatic N) is 3. The molecule has 2 aromatic carbocycles. The van der Waals surface area contributed by atoms with Crippen LogP contribution in [0.15, 0.2) is 58.7 Å². The molecular weight excluding hydrogens is 511 g/mol. The quantitative estimate of drug-likeness (QED) is 0.252. The van der Waals surface area contributed by atoms with E-state index in [1.54, 1.807) is 30.0 Å². The summed E-state index contributed by atoms with van der Waals surface area (Å²) in [6.45, 7) is 2.25. The van der Waals surface area contributed by atoms with E-state index in [0.29, 0.717) is 41.4 Å². The number of imidazole rings is 1. The number of aromatic nitrogens is 3. The Morgan fingerprint density at radius 2 is 1.97 bits per heavy atom. The Bertz CT molecular complexity index is 1690. The van der Waals surface area contributed by atoms with Crippen molar-refractivity contribution in [1.82, 2.24) is 15.0 Å². The molecule has 1 N–H and O–H groups in total. The van der Waals surface area contributed by atoms with Gasteiger partial charge in [-0.2, -0.15) is 0 Å². The summed E-state index contributed by atoms with van der Waals surface area (Å²) in [5, 5.41) is 0.840. The first-order valence-electron chi connectivity index (χ1n) is 12.0. The van der Waals surface area contributed by atoms with Gasteiger partial charge in [0, 0.05) is 47.3 Å². The molecule has 1 saturated carbocycles. The first kappa shape index (κ1) is 23.9. The second kappa shape index (κ2) is 9.11. The number of hydrogen-bond acceptors (Lipinski definition) is 6. The van der Waals surface area contributed by atoms with E-state index in [4.69, 9.17) is 4.42 Å². The van der Waals surface area contributed by atoms with Crippen LogP contribution in [0.1, 0.15) is 34.9 Å². The van der Waals surface area contributed by atoms with Gasteiger partial charge in [-0.05, 0) is 61.6 Å². The number of rotatable bonds is 8. The molecule has 5 aromatic rings. The van der Waals surface area contributed by atoms with Crippen LogP contribution >= 0.6 is 11.3 Å². The second-order valence-electron chi connectivity index (χ2n) is 9.38. The molecular formula is C27H25FN4O3S2. The molecule has 1 fully saturated rings. The molecule has 3 heterocycles. The minimum absolute atomic E-state index is 0.280. The fourth-order valence-electron chi connectivity index (χ4n) is 4.76. The zero-order chi connectivity index (χ0) is 25.7. The number of sulfonamides is 1. The smallest absolute Gasteiger partial charge is 0.232 e. The lowest BCUT2D eigenvalue weighted by Gasteiger charge is -2.25.